The van der Waals surface area contributed by atoms with Crippen LogP contribution in [0.4, 0.5) is 0 Å². The highest BCUT2D eigenvalue weighted by Crippen LogP contribution is 2.49. The molecule has 0 spiro atoms. The van der Waals surface area contributed by atoms with Crippen molar-refractivity contribution in [3.05, 3.63) is 17.9 Å². The van der Waals surface area contributed by atoms with E-state index in [1.807, 2.05) is 13.8 Å². The molecule has 0 bridgehead atoms. The van der Waals surface area contributed by atoms with Crippen LogP contribution >= 0.6 is 0 Å². The van der Waals surface area contributed by atoms with Crippen molar-refractivity contribution in [3.8, 4) is 17.2 Å². The fourth-order valence-corrected chi connectivity index (χ4v) is 2.88. The van der Waals surface area contributed by atoms with E-state index < -0.39 is 5.72 Å². The Kier molecular flexibility index (Phi) is 3.39. The molecule has 0 saturated heterocycles. The maximum absolute atomic E-state index is 12.7. The molecule has 1 aliphatic rings. The number of furan rings is 1. The van der Waals surface area contributed by atoms with Crippen LogP contribution in [0.3, 0.4) is 0 Å². The minimum atomic E-state index is -0.747. The van der Waals surface area contributed by atoms with E-state index in [-0.39, 0.29) is 5.91 Å². The molecular weight excluding hydrogens is 286 g/mol. The lowest BCUT2D eigenvalue weighted by atomic mass is 10.00. The van der Waals surface area contributed by atoms with Crippen LogP contribution in [0.2, 0.25) is 0 Å². The fourth-order valence-electron chi connectivity index (χ4n) is 2.88. The molecule has 0 fully saturated rings. The number of ether oxygens (including phenoxy) is 3. The third kappa shape index (κ3) is 1.83. The quantitative estimate of drug-likeness (QED) is 0.940. The Morgan fingerprint density at radius 1 is 1.18 bits per heavy atom. The molecule has 0 atom stereocenters. The topological polar surface area (TPSA) is 69.9 Å². The van der Waals surface area contributed by atoms with Gasteiger partial charge in [-0.3, -0.25) is 4.79 Å². The van der Waals surface area contributed by atoms with Crippen LogP contribution in [-0.4, -0.2) is 25.9 Å². The second-order valence-corrected chi connectivity index (χ2v) is 5.19. The van der Waals surface area contributed by atoms with E-state index >= 15 is 0 Å². The number of amides is 1. The minimum Gasteiger partial charge on any atom is -0.495 e. The predicted molar refractivity (Wildman–Crippen MR) is 80.7 cm³/mol. The molecule has 3 rings (SSSR count). The Balaban J connectivity index is 2.35. The normalized spacial score (nSPS) is 15.9. The van der Waals surface area contributed by atoms with Gasteiger partial charge in [-0.1, -0.05) is 13.8 Å². The molecule has 0 saturated carbocycles. The summed E-state index contributed by atoms with van der Waals surface area (Å²) >= 11 is 0. The van der Waals surface area contributed by atoms with Gasteiger partial charge in [-0.25, -0.2) is 0 Å². The van der Waals surface area contributed by atoms with Gasteiger partial charge in [-0.15, -0.1) is 0 Å². The van der Waals surface area contributed by atoms with Gasteiger partial charge < -0.3 is 23.9 Å². The van der Waals surface area contributed by atoms with E-state index in [9.17, 15) is 4.79 Å². The van der Waals surface area contributed by atoms with Crippen molar-refractivity contribution in [2.75, 3.05) is 14.2 Å². The SMILES string of the molecule is CCC1(CC)NC(=O)c2c(c(OC)c3occc3c2OC)O1. The number of methoxy groups -OCH3 is 2. The van der Waals surface area contributed by atoms with Crippen LogP contribution in [0.5, 0.6) is 17.2 Å². The Labute approximate surface area is 128 Å². The van der Waals surface area contributed by atoms with E-state index in [1.165, 1.54) is 20.5 Å². The molecule has 0 unspecified atom stereocenters. The molecule has 1 aliphatic heterocycles. The zero-order valence-corrected chi connectivity index (χ0v) is 13.1. The Bertz CT molecular complexity index is 730. The van der Waals surface area contributed by atoms with E-state index in [2.05, 4.69) is 5.32 Å². The van der Waals surface area contributed by atoms with Crippen molar-refractivity contribution in [1.82, 2.24) is 5.32 Å². The van der Waals surface area contributed by atoms with Gasteiger partial charge in [-0.2, -0.15) is 0 Å². The van der Waals surface area contributed by atoms with Crippen molar-refractivity contribution in [1.29, 1.82) is 0 Å². The molecular formula is C16H19NO5. The van der Waals surface area contributed by atoms with Crippen LogP contribution in [-0.2, 0) is 0 Å². The van der Waals surface area contributed by atoms with E-state index in [0.717, 1.165) is 0 Å². The van der Waals surface area contributed by atoms with Crippen LogP contribution in [0.25, 0.3) is 11.0 Å². The molecule has 1 amide bonds. The second-order valence-electron chi connectivity index (χ2n) is 5.19. The second kappa shape index (κ2) is 5.12. The zero-order chi connectivity index (χ0) is 15.9. The Morgan fingerprint density at radius 2 is 1.86 bits per heavy atom. The van der Waals surface area contributed by atoms with Gasteiger partial charge in [0.25, 0.3) is 5.91 Å². The van der Waals surface area contributed by atoms with Crippen molar-refractivity contribution in [2.45, 2.75) is 32.4 Å². The van der Waals surface area contributed by atoms with Gasteiger partial charge in [0.15, 0.2) is 17.1 Å². The summed E-state index contributed by atoms with van der Waals surface area (Å²) in [6.45, 7) is 3.92. The molecule has 1 aromatic carbocycles. The van der Waals surface area contributed by atoms with Gasteiger partial charge >= 0.3 is 0 Å². The smallest absolute Gasteiger partial charge is 0.262 e. The summed E-state index contributed by atoms with van der Waals surface area (Å²) in [5.41, 5.74) is 0.0996. The average molecular weight is 305 g/mol. The standard InChI is InChI=1S/C16H19NO5/c1-5-16(6-2)17-15(18)10-11(19-3)9-7-8-21-12(9)14(20-4)13(10)22-16/h7-8H,5-6H2,1-4H3,(H,17,18). The summed E-state index contributed by atoms with van der Waals surface area (Å²) < 4.78 is 22.5. The van der Waals surface area contributed by atoms with Crippen LogP contribution in [0.1, 0.15) is 37.0 Å². The van der Waals surface area contributed by atoms with Crippen molar-refractivity contribution < 1.29 is 23.4 Å². The van der Waals surface area contributed by atoms with Gasteiger partial charge in [0.05, 0.1) is 25.9 Å². The number of hydrogen-bond acceptors (Lipinski definition) is 5. The molecule has 0 radical (unpaired) electrons. The molecule has 1 N–H and O–H groups in total. The van der Waals surface area contributed by atoms with Crippen LogP contribution in [0, 0.1) is 0 Å². The van der Waals surface area contributed by atoms with Gasteiger partial charge in [0, 0.05) is 12.8 Å². The number of fused-ring (bicyclic) bond motifs is 2. The number of hydrogen-bond donors (Lipinski definition) is 1. The molecule has 6 heteroatoms. The van der Waals surface area contributed by atoms with Crippen LogP contribution in [0.15, 0.2) is 16.7 Å². The lowest BCUT2D eigenvalue weighted by Gasteiger charge is -2.38. The highest BCUT2D eigenvalue weighted by atomic mass is 16.5. The summed E-state index contributed by atoms with van der Waals surface area (Å²) in [6.07, 6.45) is 2.80. The van der Waals surface area contributed by atoms with E-state index in [4.69, 9.17) is 18.6 Å². The molecule has 0 aliphatic carbocycles. The highest BCUT2D eigenvalue weighted by Gasteiger charge is 2.42. The number of rotatable bonds is 4. The Morgan fingerprint density at radius 3 is 2.45 bits per heavy atom. The lowest BCUT2D eigenvalue weighted by Crippen LogP contribution is -2.55. The fraction of sp³-hybridized carbons (Fsp3) is 0.438. The minimum absolute atomic E-state index is 0.233. The van der Waals surface area contributed by atoms with Gasteiger partial charge in [0.1, 0.15) is 11.3 Å². The lowest BCUT2D eigenvalue weighted by molar-refractivity contribution is 0.0103. The van der Waals surface area contributed by atoms with Crippen molar-refractivity contribution in [2.24, 2.45) is 0 Å². The number of nitrogens with one attached hydrogen (secondary N) is 1. The van der Waals surface area contributed by atoms with Crippen molar-refractivity contribution in [3.63, 3.8) is 0 Å². The first-order chi connectivity index (χ1) is 10.6. The van der Waals surface area contributed by atoms with Crippen LogP contribution < -0.4 is 19.5 Å². The first-order valence-corrected chi connectivity index (χ1v) is 7.27. The molecule has 2 heterocycles. The van der Waals surface area contributed by atoms with Gasteiger partial charge in [-0.05, 0) is 6.07 Å². The third-order valence-electron chi connectivity index (χ3n) is 4.19. The number of carbonyl (C=O) groups is 1. The number of carbonyl (C=O) groups excluding carboxylic acids is 1. The molecule has 6 nitrogen and oxygen atoms in total. The maximum Gasteiger partial charge on any atom is 0.262 e. The molecule has 2 aromatic rings. The van der Waals surface area contributed by atoms with Gasteiger partial charge in [0.2, 0.25) is 5.75 Å². The van der Waals surface area contributed by atoms with E-state index in [1.54, 1.807) is 6.07 Å². The summed E-state index contributed by atoms with van der Waals surface area (Å²) in [6, 6.07) is 1.74. The first-order valence-electron chi connectivity index (χ1n) is 7.27. The third-order valence-corrected chi connectivity index (χ3v) is 4.19. The first kappa shape index (κ1) is 14.6. The number of benzene rings is 1. The highest BCUT2D eigenvalue weighted by molar-refractivity contribution is 6.09. The summed E-state index contributed by atoms with van der Waals surface area (Å²) in [5, 5.41) is 3.62. The molecule has 118 valence electrons. The zero-order valence-electron chi connectivity index (χ0n) is 13.1. The molecule has 22 heavy (non-hydrogen) atoms. The summed E-state index contributed by atoms with van der Waals surface area (Å²) in [4.78, 5) is 12.7. The maximum atomic E-state index is 12.7. The van der Waals surface area contributed by atoms with E-state index in [0.29, 0.717) is 46.6 Å². The predicted octanol–water partition coefficient (Wildman–Crippen LogP) is 3.09. The summed E-state index contributed by atoms with van der Waals surface area (Å²) in [5.74, 6) is 0.979. The average Bonchev–Trinajstić information content (AvgIpc) is 3.01. The summed E-state index contributed by atoms with van der Waals surface area (Å²) in [7, 11) is 3.04. The Hall–Kier alpha value is -2.37. The van der Waals surface area contributed by atoms with Crippen molar-refractivity contribution >= 4 is 16.9 Å². The molecule has 1 aromatic heterocycles. The monoisotopic (exact) mass is 305 g/mol. The largest absolute Gasteiger partial charge is 0.495 e.